The zero-order valence-electron chi connectivity index (χ0n) is 8.51. The van der Waals surface area contributed by atoms with Crippen LogP contribution in [-0.2, 0) is 10.0 Å². The molecule has 84 valence electrons. The summed E-state index contributed by atoms with van der Waals surface area (Å²) in [6.07, 6.45) is 3.06. The number of nitrogen functional groups attached to an aromatic ring is 1. The number of nitrogens with two attached hydrogens (primary N) is 1. The molecule has 0 spiro atoms. The molecule has 2 rings (SSSR count). The van der Waals surface area contributed by atoms with E-state index in [1.54, 1.807) is 12.4 Å². The largest absolute Gasteiger partial charge is 0.398 e. The first-order chi connectivity index (χ1) is 7.01. The maximum absolute atomic E-state index is 12.1. The lowest BCUT2D eigenvalue weighted by Crippen LogP contribution is -2.40. The van der Waals surface area contributed by atoms with Gasteiger partial charge < -0.3 is 5.73 Å². The lowest BCUT2D eigenvalue weighted by atomic mass is 9.94. The van der Waals surface area contributed by atoms with E-state index in [4.69, 9.17) is 5.73 Å². The first-order valence-corrected chi connectivity index (χ1v) is 7.16. The second kappa shape index (κ2) is 3.77. The molecule has 1 aliphatic rings. The van der Waals surface area contributed by atoms with Gasteiger partial charge in [-0.2, -0.15) is 4.31 Å². The summed E-state index contributed by atoms with van der Waals surface area (Å²) < 4.78 is 25.9. The molecule has 0 radical (unpaired) electrons. The predicted molar refractivity (Wildman–Crippen MR) is 61.3 cm³/mol. The van der Waals surface area contributed by atoms with E-state index in [-0.39, 0.29) is 6.04 Å². The summed E-state index contributed by atoms with van der Waals surface area (Å²) in [6.45, 7) is 0. The van der Waals surface area contributed by atoms with Gasteiger partial charge in [-0.3, -0.25) is 0 Å². The summed E-state index contributed by atoms with van der Waals surface area (Å²) in [7, 11) is -1.66. The summed E-state index contributed by atoms with van der Waals surface area (Å²) >= 11 is 1.18. The quantitative estimate of drug-likeness (QED) is 0.879. The van der Waals surface area contributed by atoms with Gasteiger partial charge in [-0.1, -0.05) is 6.42 Å². The first kappa shape index (κ1) is 10.9. The van der Waals surface area contributed by atoms with Crippen LogP contribution in [0.2, 0.25) is 0 Å². The molecule has 6 heteroatoms. The Morgan fingerprint density at radius 1 is 1.53 bits per heavy atom. The van der Waals surface area contributed by atoms with Crippen LogP contribution in [0.5, 0.6) is 0 Å². The molecule has 15 heavy (non-hydrogen) atoms. The summed E-state index contributed by atoms with van der Waals surface area (Å²) in [4.78, 5) is 0. The highest BCUT2D eigenvalue weighted by Gasteiger charge is 2.32. The van der Waals surface area contributed by atoms with Crippen molar-refractivity contribution in [2.75, 3.05) is 12.8 Å². The van der Waals surface area contributed by atoms with Gasteiger partial charge in [-0.15, -0.1) is 11.3 Å². The van der Waals surface area contributed by atoms with Gasteiger partial charge >= 0.3 is 0 Å². The Balaban J connectivity index is 2.26. The van der Waals surface area contributed by atoms with E-state index in [0.29, 0.717) is 9.90 Å². The van der Waals surface area contributed by atoms with Crippen LogP contribution in [0, 0.1) is 0 Å². The fourth-order valence-electron chi connectivity index (χ4n) is 1.55. The Kier molecular flexibility index (Phi) is 2.74. The summed E-state index contributed by atoms with van der Waals surface area (Å²) in [5, 5.41) is 1.65. The molecule has 1 aromatic rings. The molecule has 2 N–H and O–H groups in total. The van der Waals surface area contributed by atoms with Crippen molar-refractivity contribution in [3.05, 3.63) is 11.4 Å². The SMILES string of the molecule is CN(C1CCC1)S(=O)(=O)c1cc(N)cs1. The van der Waals surface area contributed by atoms with Gasteiger partial charge in [0, 0.05) is 24.2 Å². The highest BCUT2D eigenvalue weighted by Crippen LogP contribution is 2.31. The molecule has 0 bridgehead atoms. The van der Waals surface area contributed by atoms with E-state index in [1.807, 2.05) is 0 Å². The fourth-order valence-corrected chi connectivity index (χ4v) is 4.23. The lowest BCUT2D eigenvalue weighted by molar-refractivity contribution is 0.250. The smallest absolute Gasteiger partial charge is 0.252 e. The highest BCUT2D eigenvalue weighted by atomic mass is 32.2. The summed E-state index contributed by atoms with van der Waals surface area (Å²) in [6, 6.07) is 1.70. The first-order valence-electron chi connectivity index (χ1n) is 4.84. The molecule has 0 saturated heterocycles. The zero-order valence-corrected chi connectivity index (χ0v) is 10.1. The monoisotopic (exact) mass is 246 g/mol. The van der Waals surface area contributed by atoms with Crippen LogP contribution in [0.3, 0.4) is 0 Å². The second-order valence-corrected chi connectivity index (χ2v) is 6.94. The van der Waals surface area contributed by atoms with Gasteiger partial charge in [-0.05, 0) is 18.9 Å². The van der Waals surface area contributed by atoms with Gasteiger partial charge in [-0.25, -0.2) is 8.42 Å². The van der Waals surface area contributed by atoms with Crippen LogP contribution < -0.4 is 5.73 Å². The Labute approximate surface area is 93.8 Å². The highest BCUT2D eigenvalue weighted by molar-refractivity contribution is 7.91. The number of sulfonamides is 1. The van der Waals surface area contributed by atoms with Gasteiger partial charge in [0.15, 0.2) is 0 Å². The molecule has 1 saturated carbocycles. The molecule has 1 aromatic heterocycles. The number of anilines is 1. The molecule has 0 amide bonds. The van der Waals surface area contributed by atoms with Crippen molar-refractivity contribution in [1.29, 1.82) is 0 Å². The minimum absolute atomic E-state index is 0.179. The van der Waals surface area contributed by atoms with Crippen LogP contribution in [0.15, 0.2) is 15.7 Å². The minimum Gasteiger partial charge on any atom is -0.398 e. The van der Waals surface area contributed by atoms with Crippen LogP contribution >= 0.6 is 11.3 Å². The Morgan fingerprint density at radius 2 is 2.20 bits per heavy atom. The third-order valence-corrected chi connectivity index (χ3v) is 6.16. The topological polar surface area (TPSA) is 63.4 Å². The van der Waals surface area contributed by atoms with E-state index in [9.17, 15) is 8.42 Å². The average molecular weight is 246 g/mol. The third-order valence-electron chi connectivity index (χ3n) is 2.82. The van der Waals surface area contributed by atoms with Crippen molar-refractivity contribution in [3.63, 3.8) is 0 Å². The fraction of sp³-hybridized carbons (Fsp3) is 0.556. The molecule has 1 aliphatic carbocycles. The maximum atomic E-state index is 12.1. The molecule has 4 nitrogen and oxygen atoms in total. The third kappa shape index (κ3) is 1.89. The summed E-state index contributed by atoms with van der Waals surface area (Å²) in [5.41, 5.74) is 6.04. The molecule has 0 aromatic carbocycles. The van der Waals surface area contributed by atoms with Crippen molar-refractivity contribution >= 4 is 27.0 Å². The number of hydrogen-bond donors (Lipinski definition) is 1. The van der Waals surface area contributed by atoms with Crippen LogP contribution in [-0.4, -0.2) is 25.8 Å². The molecule has 0 atom stereocenters. The lowest BCUT2D eigenvalue weighted by Gasteiger charge is -2.33. The van der Waals surface area contributed by atoms with Gasteiger partial charge in [0.2, 0.25) is 0 Å². The van der Waals surface area contributed by atoms with E-state index in [1.165, 1.54) is 21.7 Å². The molecular formula is C9H14N2O2S2. The Bertz CT molecular complexity index is 448. The van der Waals surface area contributed by atoms with Gasteiger partial charge in [0.1, 0.15) is 4.21 Å². The van der Waals surface area contributed by atoms with Gasteiger partial charge in [0.05, 0.1) is 0 Å². The molecule has 0 aliphatic heterocycles. The van der Waals surface area contributed by atoms with Crippen molar-refractivity contribution in [3.8, 4) is 0 Å². The zero-order chi connectivity index (χ0) is 11.1. The molecule has 0 unspecified atom stereocenters. The van der Waals surface area contributed by atoms with Crippen molar-refractivity contribution in [1.82, 2.24) is 4.31 Å². The van der Waals surface area contributed by atoms with Crippen LogP contribution in [0.25, 0.3) is 0 Å². The maximum Gasteiger partial charge on any atom is 0.252 e. The van der Waals surface area contributed by atoms with Crippen molar-refractivity contribution in [2.45, 2.75) is 29.5 Å². The van der Waals surface area contributed by atoms with E-state index in [0.717, 1.165) is 19.3 Å². The van der Waals surface area contributed by atoms with Crippen LogP contribution in [0.4, 0.5) is 5.69 Å². The minimum atomic E-state index is -3.31. The number of hydrogen-bond acceptors (Lipinski definition) is 4. The van der Waals surface area contributed by atoms with E-state index >= 15 is 0 Å². The Morgan fingerprint density at radius 3 is 2.60 bits per heavy atom. The molecular weight excluding hydrogens is 232 g/mol. The predicted octanol–water partition coefficient (Wildman–Crippen LogP) is 1.50. The number of rotatable bonds is 3. The second-order valence-electron chi connectivity index (χ2n) is 3.81. The van der Waals surface area contributed by atoms with E-state index in [2.05, 4.69) is 0 Å². The standard InChI is InChI=1S/C9H14N2O2S2/c1-11(8-3-2-4-8)15(12,13)9-5-7(10)6-14-9/h5-6,8H,2-4,10H2,1H3. The van der Waals surface area contributed by atoms with Gasteiger partial charge in [0.25, 0.3) is 10.0 Å². The Hall–Kier alpha value is -0.590. The summed E-state index contributed by atoms with van der Waals surface area (Å²) in [5.74, 6) is 0. The van der Waals surface area contributed by atoms with Crippen molar-refractivity contribution < 1.29 is 8.42 Å². The van der Waals surface area contributed by atoms with Crippen molar-refractivity contribution in [2.24, 2.45) is 0 Å². The normalized spacial score (nSPS) is 18.0. The molecule has 1 heterocycles. The average Bonchev–Trinajstić information content (AvgIpc) is 2.49. The van der Waals surface area contributed by atoms with Crippen LogP contribution in [0.1, 0.15) is 19.3 Å². The number of nitrogens with zero attached hydrogens (tertiary/aromatic N) is 1. The van der Waals surface area contributed by atoms with E-state index < -0.39 is 10.0 Å². The molecule has 1 fully saturated rings. The number of thiophene rings is 1.